The Balaban J connectivity index is 2.40. The second kappa shape index (κ2) is 10.7. The number of carbonyl (C=O) groups excluding carboxylic acids is 1. The summed E-state index contributed by atoms with van der Waals surface area (Å²) in [6.07, 6.45) is 1.47. The van der Waals surface area contributed by atoms with Crippen LogP contribution in [-0.2, 0) is 16.0 Å². The molecule has 23 heavy (non-hydrogen) atoms. The van der Waals surface area contributed by atoms with Gasteiger partial charge < -0.3 is 14.9 Å². The minimum absolute atomic E-state index is 0.0296. The maximum Gasteiger partial charge on any atom is 0.306 e. The van der Waals surface area contributed by atoms with Crippen LogP contribution in [0.4, 0.5) is 0 Å². The first-order chi connectivity index (χ1) is 11.1. The lowest BCUT2D eigenvalue weighted by atomic mass is 10.1. The van der Waals surface area contributed by atoms with Crippen LogP contribution in [0.15, 0.2) is 24.3 Å². The maximum absolute atomic E-state index is 11.2. The molecule has 0 aliphatic rings. The number of esters is 1. The van der Waals surface area contributed by atoms with Crippen molar-refractivity contribution < 1.29 is 19.7 Å². The lowest BCUT2D eigenvalue weighted by Crippen LogP contribution is -2.36. The number of hydrogen-bond acceptors (Lipinski definition) is 5. The number of carbonyl (C=O) groups is 1. The fraction of sp³-hybridized carbons (Fsp3) is 0.500. The first kappa shape index (κ1) is 19.0. The Kier molecular flexibility index (Phi) is 8.81. The molecule has 0 aliphatic heterocycles. The highest BCUT2D eigenvalue weighted by atomic mass is 16.5. The Morgan fingerprint density at radius 3 is 2.61 bits per heavy atom. The van der Waals surface area contributed by atoms with Gasteiger partial charge in [0, 0.05) is 12.5 Å². The van der Waals surface area contributed by atoms with Crippen molar-refractivity contribution in [3.63, 3.8) is 0 Å². The van der Waals surface area contributed by atoms with Gasteiger partial charge in [-0.05, 0) is 38.1 Å². The molecule has 0 radical (unpaired) electrons. The molecule has 0 spiro atoms. The molecule has 0 aliphatic carbocycles. The lowest BCUT2D eigenvalue weighted by Gasteiger charge is -2.24. The minimum atomic E-state index is -0.226. The third-order valence-corrected chi connectivity index (χ3v) is 3.45. The lowest BCUT2D eigenvalue weighted by molar-refractivity contribution is -0.142. The van der Waals surface area contributed by atoms with Crippen molar-refractivity contribution in [2.24, 2.45) is 0 Å². The zero-order chi connectivity index (χ0) is 17.1. The van der Waals surface area contributed by atoms with Gasteiger partial charge in [0.05, 0.1) is 26.2 Å². The van der Waals surface area contributed by atoms with Crippen molar-refractivity contribution in [1.82, 2.24) is 4.90 Å². The van der Waals surface area contributed by atoms with Gasteiger partial charge >= 0.3 is 5.97 Å². The van der Waals surface area contributed by atoms with Gasteiger partial charge in [-0.3, -0.25) is 9.69 Å². The first-order valence-corrected chi connectivity index (χ1v) is 7.77. The monoisotopic (exact) mass is 319 g/mol. The summed E-state index contributed by atoms with van der Waals surface area (Å²) in [6.45, 7) is 2.72. The van der Waals surface area contributed by atoms with Crippen LogP contribution >= 0.6 is 0 Å². The predicted octanol–water partition coefficient (Wildman–Crippen LogP) is 1.57. The van der Waals surface area contributed by atoms with Crippen LogP contribution < -0.4 is 0 Å². The highest BCUT2D eigenvalue weighted by molar-refractivity contribution is 5.69. The number of ether oxygens (including phenoxy) is 1. The van der Waals surface area contributed by atoms with Crippen LogP contribution in [0.1, 0.15) is 25.3 Å². The smallest absolute Gasteiger partial charge is 0.306 e. The molecule has 5 nitrogen and oxygen atoms in total. The van der Waals surface area contributed by atoms with Gasteiger partial charge in [-0.1, -0.05) is 18.1 Å². The van der Waals surface area contributed by atoms with E-state index in [0.717, 1.165) is 5.56 Å². The Morgan fingerprint density at radius 1 is 1.30 bits per heavy atom. The largest absolute Gasteiger partial charge is 0.508 e. The van der Waals surface area contributed by atoms with Crippen molar-refractivity contribution in [3.05, 3.63) is 29.8 Å². The number of phenols is 1. The normalized spacial score (nSPS) is 11.7. The zero-order valence-corrected chi connectivity index (χ0v) is 13.8. The zero-order valence-electron chi connectivity index (χ0n) is 13.8. The van der Waals surface area contributed by atoms with E-state index in [0.29, 0.717) is 32.4 Å². The molecule has 0 saturated heterocycles. The fourth-order valence-electron chi connectivity index (χ4n) is 2.06. The number of phenolic OH excluding ortho intramolecular Hbond substituents is 1. The average Bonchev–Trinajstić information content (AvgIpc) is 2.54. The molecular weight excluding hydrogens is 294 g/mol. The molecule has 0 saturated carbocycles. The Morgan fingerprint density at radius 2 is 2.00 bits per heavy atom. The molecule has 0 bridgehead atoms. The molecule has 1 rings (SSSR count). The minimum Gasteiger partial charge on any atom is -0.508 e. The molecule has 126 valence electrons. The van der Waals surface area contributed by atoms with Crippen LogP contribution in [-0.4, -0.2) is 53.9 Å². The number of aromatic hydroxyl groups is 1. The van der Waals surface area contributed by atoms with Crippen LogP contribution in [0, 0.1) is 11.8 Å². The van der Waals surface area contributed by atoms with Gasteiger partial charge in [-0.25, -0.2) is 0 Å². The average molecular weight is 319 g/mol. The van der Waals surface area contributed by atoms with E-state index in [1.165, 1.54) is 0 Å². The number of aliphatic hydroxyl groups excluding tert-OH is 1. The number of aliphatic hydroxyl groups is 1. The van der Waals surface area contributed by atoms with Gasteiger partial charge in [0.25, 0.3) is 0 Å². The van der Waals surface area contributed by atoms with Crippen LogP contribution in [0.25, 0.3) is 0 Å². The Labute approximate surface area is 137 Å². The number of hydrogen-bond donors (Lipinski definition) is 2. The summed E-state index contributed by atoms with van der Waals surface area (Å²) in [4.78, 5) is 13.1. The van der Waals surface area contributed by atoms with E-state index in [1.807, 2.05) is 24.1 Å². The standard InChI is InChI=1S/C18H25NO4/c1-3-23-18(22)7-5-4-6-12-19(2)16(14-20)13-15-8-10-17(21)11-9-15/h8-11,16,20-21H,3,5,7,12-14H2,1-2H3/t16-/m0/s1. The third-order valence-electron chi connectivity index (χ3n) is 3.45. The summed E-state index contributed by atoms with van der Waals surface area (Å²) < 4.78 is 4.83. The Hall–Kier alpha value is -2.03. The topological polar surface area (TPSA) is 70.0 Å². The van der Waals surface area contributed by atoms with Crippen LogP contribution in [0.2, 0.25) is 0 Å². The van der Waals surface area contributed by atoms with E-state index in [9.17, 15) is 15.0 Å². The molecule has 0 fully saturated rings. The highest BCUT2D eigenvalue weighted by Gasteiger charge is 2.13. The van der Waals surface area contributed by atoms with E-state index in [4.69, 9.17) is 4.74 Å². The quantitative estimate of drug-likeness (QED) is 0.562. The van der Waals surface area contributed by atoms with E-state index < -0.39 is 0 Å². The van der Waals surface area contributed by atoms with Crippen molar-refractivity contribution in [1.29, 1.82) is 0 Å². The molecule has 1 aromatic rings. The van der Waals surface area contributed by atoms with E-state index in [1.54, 1.807) is 19.1 Å². The number of nitrogens with zero attached hydrogens (tertiary/aromatic N) is 1. The molecule has 0 unspecified atom stereocenters. The summed E-state index contributed by atoms with van der Waals surface area (Å²) in [6, 6.07) is 6.92. The van der Waals surface area contributed by atoms with Gasteiger partial charge in [-0.2, -0.15) is 0 Å². The number of benzene rings is 1. The fourth-order valence-corrected chi connectivity index (χ4v) is 2.06. The van der Waals surface area contributed by atoms with Gasteiger partial charge in [-0.15, -0.1) is 5.92 Å². The second-order valence-corrected chi connectivity index (χ2v) is 5.28. The number of likely N-dealkylation sites (N-methyl/N-ethyl adjacent to an activating group) is 1. The first-order valence-electron chi connectivity index (χ1n) is 7.77. The van der Waals surface area contributed by atoms with Crippen molar-refractivity contribution >= 4 is 5.97 Å². The Bertz CT molecular complexity index is 530. The molecule has 1 aromatic carbocycles. The molecule has 5 heteroatoms. The van der Waals surface area contributed by atoms with Gasteiger partial charge in [0.1, 0.15) is 5.75 Å². The summed E-state index contributed by atoms with van der Waals surface area (Å²) in [5.74, 6) is 5.96. The summed E-state index contributed by atoms with van der Waals surface area (Å²) in [5.41, 5.74) is 1.05. The van der Waals surface area contributed by atoms with Gasteiger partial charge in [0.15, 0.2) is 0 Å². The molecule has 0 amide bonds. The van der Waals surface area contributed by atoms with Crippen molar-refractivity contribution in [3.8, 4) is 17.6 Å². The highest BCUT2D eigenvalue weighted by Crippen LogP contribution is 2.12. The van der Waals surface area contributed by atoms with Crippen molar-refractivity contribution in [2.75, 3.05) is 26.8 Å². The second-order valence-electron chi connectivity index (χ2n) is 5.28. The molecule has 1 atom stereocenters. The van der Waals surface area contributed by atoms with Crippen LogP contribution in [0.3, 0.4) is 0 Å². The van der Waals surface area contributed by atoms with E-state index in [-0.39, 0.29) is 24.4 Å². The SMILES string of the molecule is CCOC(=O)CCC#CCN(C)[C@H](CO)Cc1ccc(O)cc1. The molecule has 2 N–H and O–H groups in total. The summed E-state index contributed by atoms with van der Waals surface area (Å²) in [5, 5.41) is 18.8. The van der Waals surface area contributed by atoms with E-state index in [2.05, 4.69) is 11.8 Å². The molecular formula is C18H25NO4. The summed E-state index contributed by atoms with van der Waals surface area (Å²) in [7, 11) is 1.90. The number of rotatable bonds is 8. The predicted molar refractivity (Wildman–Crippen MR) is 89.0 cm³/mol. The van der Waals surface area contributed by atoms with Crippen molar-refractivity contribution in [2.45, 2.75) is 32.2 Å². The van der Waals surface area contributed by atoms with Crippen LogP contribution in [0.5, 0.6) is 5.75 Å². The molecule has 0 heterocycles. The third kappa shape index (κ3) is 7.68. The van der Waals surface area contributed by atoms with Gasteiger partial charge in [0.2, 0.25) is 0 Å². The maximum atomic E-state index is 11.2. The molecule has 0 aromatic heterocycles. The van der Waals surface area contributed by atoms with E-state index >= 15 is 0 Å². The summed E-state index contributed by atoms with van der Waals surface area (Å²) >= 11 is 0.